The predicted octanol–water partition coefficient (Wildman–Crippen LogP) is 5.65. The third-order valence-electron chi connectivity index (χ3n) is 4.15. The van der Waals surface area contributed by atoms with E-state index in [4.69, 9.17) is 0 Å². The molecule has 0 nitrogen and oxygen atoms in total. The molecule has 100 valence electrons. The Morgan fingerprint density at radius 2 is 1.50 bits per heavy atom. The summed E-state index contributed by atoms with van der Waals surface area (Å²) < 4.78 is 0. The Bertz CT molecular complexity index is 672. The van der Waals surface area contributed by atoms with Crippen molar-refractivity contribution in [2.45, 2.75) is 26.7 Å². The fraction of sp³-hybridized carbons (Fsp3) is 0.200. The van der Waals surface area contributed by atoms with Crippen LogP contribution < -0.4 is 0 Å². The van der Waals surface area contributed by atoms with Gasteiger partial charge in [0.25, 0.3) is 0 Å². The Morgan fingerprint density at radius 3 is 2.25 bits per heavy atom. The molecule has 3 rings (SSSR count). The molecule has 0 radical (unpaired) electrons. The van der Waals surface area contributed by atoms with E-state index in [1.807, 2.05) is 0 Å². The lowest BCUT2D eigenvalue weighted by molar-refractivity contribution is 1.04. The molecule has 20 heavy (non-hydrogen) atoms. The lowest BCUT2D eigenvalue weighted by atomic mass is 9.83. The minimum atomic E-state index is 1.13. The summed E-state index contributed by atoms with van der Waals surface area (Å²) in [6.07, 6.45) is 4.66. The Hall–Kier alpha value is -2.08. The van der Waals surface area contributed by atoms with E-state index in [-0.39, 0.29) is 0 Å². The molecule has 0 aliphatic heterocycles. The fourth-order valence-corrected chi connectivity index (χ4v) is 3.06. The minimum Gasteiger partial charge on any atom is -0.0761 e. The number of rotatable bonds is 2. The zero-order chi connectivity index (χ0) is 13.9. The van der Waals surface area contributed by atoms with Crippen LogP contribution in [0.1, 0.15) is 36.5 Å². The van der Waals surface area contributed by atoms with E-state index in [2.05, 4.69) is 74.5 Å². The standard InChI is InChI=1S/C20H20/c1-15-9-6-7-12-18(15)20-14-8-13-19(16(20)2)17-10-4-3-5-11-17/h3-7,9-13H,8,14H2,1-2H3. The van der Waals surface area contributed by atoms with Gasteiger partial charge in [-0.2, -0.15) is 0 Å². The summed E-state index contributed by atoms with van der Waals surface area (Å²) in [5.41, 5.74) is 8.44. The van der Waals surface area contributed by atoms with E-state index in [0.29, 0.717) is 0 Å². The second-order valence-corrected chi connectivity index (χ2v) is 5.44. The van der Waals surface area contributed by atoms with Crippen LogP contribution in [0.2, 0.25) is 0 Å². The predicted molar refractivity (Wildman–Crippen MR) is 87.4 cm³/mol. The molecule has 0 unspecified atom stereocenters. The van der Waals surface area contributed by atoms with Gasteiger partial charge in [-0.1, -0.05) is 60.7 Å². The molecule has 1 aliphatic carbocycles. The van der Waals surface area contributed by atoms with E-state index in [0.717, 1.165) is 12.8 Å². The first-order chi connectivity index (χ1) is 9.77. The molecule has 0 N–H and O–H groups in total. The highest BCUT2D eigenvalue weighted by Gasteiger charge is 2.16. The molecule has 2 aromatic rings. The molecule has 0 atom stereocenters. The number of allylic oxidation sites excluding steroid dienone is 4. The number of aryl methyl sites for hydroxylation is 1. The number of benzene rings is 2. The Morgan fingerprint density at radius 1 is 0.800 bits per heavy atom. The SMILES string of the molecule is CC1=C(c2ccccc2C)CCC=C1c1ccccc1. The Kier molecular flexibility index (Phi) is 3.56. The molecule has 2 aromatic carbocycles. The third-order valence-corrected chi connectivity index (χ3v) is 4.15. The normalized spacial score (nSPS) is 15.2. The number of hydrogen-bond acceptors (Lipinski definition) is 0. The molecule has 0 amide bonds. The fourth-order valence-electron chi connectivity index (χ4n) is 3.06. The van der Waals surface area contributed by atoms with Crippen molar-refractivity contribution in [2.75, 3.05) is 0 Å². The van der Waals surface area contributed by atoms with Crippen LogP contribution >= 0.6 is 0 Å². The second-order valence-electron chi connectivity index (χ2n) is 5.44. The summed E-state index contributed by atoms with van der Waals surface area (Å²) in [6, 6.07) is 19.4. The average molecular weight is 260 g/mol. The summed E-state index contributed by atoms with van der Waals surface area (Å²) in [5.74, 6) is 0. The van der Waals surface area contributed by atoms with Crippen molar-refractivity contribution in [1.29, 1.82) is 0 Å². The molecule has 0 fully saturated rings. The van der Waals surface area contributed by atoms with Gasteiger partial charge in [-0.25, -0.2) is 0 Å². The summed E-state index contributed by atoms with van der Waals surface area (Å²) in [6.45, 7) is 4.47. The maximum Gasteiger partial charge on any atom is -0.0184 e. The highest BCUT2D eigenvalue weighted by atomic mass is 14.2. The zero-order valence-corrected chi connectivity index (χ0v) is 12.2. The maximum absolute atomic E-state index is 2.38. The molecular formula is C20H20. The summed E-state index contributed by atoms with van der Waals surface area (Å²) in [5, 5.41) is 0. The van der Waals surface area contributed by atoms with Crippen molar-refractivity contribution in [3.63, 3.8) is 0 Å². The summed E-state index contributed by atoms with van der Waals surface area (Å²) >= 11 is 0. The van der Waals surface area contributed by atoms with Crippen LogP contribution in [-0.2, 0) is 0 Å². The van der Waals surface area contributed by atoms with Gasteiger partial charge in [-0.15, -0.1) is 0 Å². The third kappa shape index (κ3) is 2.34. The topological polar surface area (TPSA) is 0 Å². The van der Waals surface area contributed by atoms with Crippen molar-refractivity contribution in [2.24, 2.45) is 0 Å². The van der Waals surface area contributed by atoms with Crippen molar-refractivity contribution >= 4 is 11.1 Å². The Balaban J connectivity index is 2.09. The molecule has 0 aromatic heterocycles. The summed E-state index contributed by atoms with van der Waals surface area (Å²) in [7, 11) is 0. The van der Waals surface area contributed by atoms with Gasteiger partial charge in [0.2, 0.25) is 0 Å². The number of hydrogen-bond donors (Lipinski definition) is 0. The van der Waals surface area contributed by atoms with Crippen LogP contribution in [0.5, 0.6) is 0 Å². The van der Waals surface area contributed by atoms with Crippen molar-refractivity contribution in [3.05, 3.63) is 82.9 Å². The summed E-state index contributed by atoms with van der Waals surface area (Å²) in [4.78, 5) is 0. The highest BCUT2D eigenvalue weighted by molar-refractivity contribution is 5.91. The van der Waals surface area contributed by atoms with Gasteiger partial charge in [0.15, 0.2) is 0 Å². The van der Waals surface area contributed by atoms with Crippen molar-refractivity contribution in [3.8, 4) is 0 Å². The Labute approximate surface area is 121 Å². The molecule has 0 saturated carbocycles. The van der Waals surface area contributed by atoms with E-state index in [1.54, 1.807) is 0 Å². The smallest absolute Gasteiger partial charge is 0.0184 e. The quantitative estimate of drug-likeness (QED) is 0.655. The van der Waals surface area contributed by atoms with E-state index in [1.165, 1.54) is 33.4 Å². The van der Waals surface area contributed by atoms with Crippen LogP contribution in [0, 0.1) is 6.92 Å². The first kappa shape index (κ1) is 12.9. The zero-order valence-electron chi connectivity index (χ0n) is 12.2. The molecule has 0 saturated heterocycles. The molecule has 0 heterocycles. The first-order valence-corrected chi connectivity index (χ1v) is 7.29. The first-order valence-electron chi connectivity index (χ1n) is 7.29. The van der Waals surface area contributed by atoms with E-state index >= 15 is 0 Å². The van der Waals surface area contributed by atoms with Gasteiger partial charge >= 0.3 is 0 Å². The molecular weight excluding hydrogens is 240 g/mol. The monoisotopic (exact) mass is 260 g/mol. The van der Waals surface area contributed by atoms with Gasteiger partial charge in [-0.3, -0.25) is 0 Å². The minimum absolute atomic E-state index is 1.13. The maximum atomic E-state index is 2.38. The van der Waals surface area contributed by atoms with Gasteiger partial charge in [0.05, 0.1) is 0 Å². The molecule has 0 heteroatoms. The van der Waals surface area contributed by atoms with Gasteiger partial charge in [0.1, 0.15) is 0 Å². The van der Waals surface area contributed by atoms with E-state index < -0.39 is 0 Å². The van der Waals surface area contributed by atoms with Crippen LogP contribution in [0.3, 0.4) is 0 Å². The molecule has 0 bridgehead atoms. The molecule has 1 aliphatic rings. The lowest BCUT2D eigenvalue weighted by Crippen LogP contribution is -2.00. The van der Waals surface area contributed by atoms with E-state index in [9.17, 15) is 0 Å². The van der Waals surface area contributed by atoms with Gasteiger partial charge < -0.3 is 0 Å². The van der Waals surface area contributed by atoms with Crippen molar-refractivity contribution < 1.29 is 0 Å². The van der Waals surface area contributed by atoms with Gasteiger partial charge in [0, 0.05) is 0 Å². The molecule has 0 spiro atoms. The van der Waals surface area contributed by atoms with Crippen LogP contribution in [0.4, 0.5) is 0 Å². The van der Waals surface area contributed by atoms with Crippen LogP contribution in [-0.4, -0.2) is 0 Å². The lowest BCUT2D eigenvalue weighted by Gasteiger charge is -2.21. The van der Waals surface area contributed by atoms with Crippen LogP contribution in [0.25, 0.3) is 11.1 Å². The average Bonchev–Trinajstić information content (AvgIpc) is 2.49. The van der Waals surface area contributed by atoms with Crippen LogP contribution in [0.15, 0.2) is 66.2 Å². The highest BCUT2D eigenvalue weighted by Crippen LogP contribution is 2.37. The second kappa shape index (κ2) is 5.50. The largest absolute Gasteiger partial charge is 0.0761 e. The van der Waals surface area contributed by atoms with Crippen molar-refractivity contribution in [1.82, 2.24) is 0 Å². The van der Waals surface area contributed by atoms with Gasteiger partial charge in [-0.05, 0) is 60.1 Å².